The summed E-state index contributed by atoms with van der Waals surface area (Å²) in [6.07, 6.45) is 1.05. The summed E-state index contributed by atoms with van der Waals surface area (Å²) in [5.74, 6) is 0.606. The molecule has 0 fully saturated rings. The van der Waals surface area contributed by atoms with E-state index in [1.165, 1.54) is 12.1 Å². The molecular formula is C24H33FO3Si. The fraction of sp³-hybridized carbons (Fsp3) is 0.417. The Bertz CT molecular complexity index is 813. The second kappa shape index (κ2) is 10.1. The summed E-state index contributed by atoms with van der Waals surface area (Å²) < 4.78 is 26.1. The van der Waals surface area contributed by atoms with Gasteiger partial charge in [0.1, 0.15) is 23.9 Å². The standard InChI is InChI=1S/C24H33FO3Si/c1-17(24(2,3)4)21(26)15-23(28-29(5)6)20-13-12-19(25)14-22(20)27-16-18-10-8-7-9-11-18/h7-15,17,21,26,29H,16H2,1-6H3/t17-,21-/m1/s1. The first-order valence-electron chi connectivity index (χ1n) is 10.1. The normalized spacial score (nSPS) is 14.6. The van der Waals surface area contributed by atoms with E-state index in [4.69, 9.17) is 9.16 Å². The van der Waals surface area contributed by atoms with Gasteiger partial charge in [-0.3, -0.25) is 0 Å². The molecule has 1 N–H and O–H groups in total. The Labute approximate surface area is 175 Å². The summed E-state index contributed by atoms with van der Waals surface area (Å²) in [6, 6.07) is 14.2. The van der Waals surface area contributed by atoms with Crippen molar-refractivity contribution < 1.29 is 18.7 Å². The molecule has 2 rings (SSSR count). The summed E-state index contributed by atoms with van der Waals surface area (Å²) in [7, 11) is -1.47. The van der Waals surface area contributed by atoms with Crippen LogP contribution in [0.1, 0.15) is 38.8 Å². The van der Waals surface area contributed by atoms with Gasteiger partial charge in [0.15, 0.2) is 0 Å². The van der Waals surface area contributed by atoms with Gasteiger partial charge in [0.2, 0.25) is 9.04 Å². The quantitative estimate of drug-likeness (QED) is 0.437. The van der Waals surface area contributed by atoms with Gasteiger partial charge in [0.05, 0.1) is 11.7 Å². The zero-order valence-electron chi connectivity index (χ0n) is 18.3. The Balaban J connectivity index is 2.38. The van der Waals surface area contributed by atoms with Gasteiger partial charge in [0.25, 0.3) is 0 Å². The molecule has 0 aliphatic rings. The van der Waals surface area contributed by atoms with Crippen molar-refractivity contribution in [2.75, 3.05) is 0 Å². The topological polar surface area (TPSA) is 38.7 Å². The van der Waals surface area contributed by atoms with Crippen LogP contribution in [-0.4, -0.2) is 20.3 Å². The van der Waals surface area contributed by atoms with Gasteiger partial charge in [-0.1, -0.05) is 58.0 Å². The van der Waals surface area contributed by atoms with Crippen molar-refractivity contribution >= 4 is 14.8 Å². The molecule has 2 atom stereocenters. The van der Waals surface area contributed by atoms with E-state index in [0.717, 1.165) is 5.56 Å². The first-order valence-corrected chi connectivity index (χ1v) is 12.9. The highest BCUT2D eigenvalue weighted by Gasteiger charge is 2.27. The van der Waals surface area contributed by atoms with Gasteiger partial charge < -0.3 is 14.3 Å². The predicted molar refractivity (Wildman–Crippen MR) is 120 cm³/mol. The third-order valence-electron chi connectivity index (χ3n) is 5.01. The summed E-state index contributed by atoms with van der Waals surface area (Å²) in [5.41, 5.74) is 1.59. The lowest BCUT2D eigenvalue weighted by molar-refractivity contribution is 0.0889. The molecule has 2 aromatic rings. The third-order valence-corrected chi connectivity index (χ3v) is 5.73. The van der Waals surface area contributed by atoms with E-state index in [-0.39, 0.29) is 17.2 Å². The van der Waals surface area contributed by atoms with Crippen molar-refractivity contribution in [1.82, 2.24) is 0 Å². The van der Waals surface area contributed by atoms with E-state index in [0.29, 0.717) is 23.7 Å². The summed E-state index contributed by atoms with van der Waals surface area (Å²) in [5, 5.41) is 10.8. The second-order valence-corrected chi connectivity index (χ2v) is 11.1. The average molecular weight is 417 g/mol. The molecule has 0 aliphatic heterocycles. The van der Waals surface area contributed by atoms with Crippen LogP contribution >= 0.6 is 0 Å². The minimum atomic E-state index is -1.47. The molecule has 3 nitrogen and oxygen atoms in total. The van der Waals surface area contributed by atoms with Gasteiger partial charge in [-0.25, -0.2) is 4.39 Å². The number of hydrogen-bond donors (Lipinski definition) is 1. The SMILES string of the molecule is C[C@H]([C@H](O)C=C(O[SiH](C)C)c1ccc(F)cc1OCc1ccccc1)C(C)(C)C. The summed E-state index contributed by atoms with van der Waals surface area (Å²) >= 11 is 0. The van der Waals surface area contributed by atoms with Gasteiger partial charge in [-0.2, -0.15) is 0 Å². The molecule has 29 heavy (non-hydrogen) atoms. The van der Waals surface area contributed by atoms with E-state index >= 15 is 0 Å². The smallest absolute Gasteiger partial charge is 0.229 e. The van der Waals surface area contributed by atoms with Crippen LogP contribution in [0.25, 0.3) is 5.76 Å². The van der Waals surface area contributed by atoms with Crippen LogP contribution in [0.4, 0.5) is 4.39 Å². The van der Waals surface area contributed by atoms with Crippen LogP contribution in [-0.2, 0) is 11.0 Å². The summed E-state index contributed by atoms with van der Waals surface area (Å²) in [6.45, 7) is 12.7. The fourth-order valence-electron chi connectivity index (χ4n) is 2.81. The van der Waals surface area contributed by atoms with Crippen molar-refractivity contribution in [3.05, 3.63) is 71.6 Å². The van der Waals surface area contributed by atoms with E-state index in [1.807, 2.05) is 37.3 Å². The maximum absolute atomic E-state index is 14.0. The van der Waals surface area contributed by atoms with E-state index in [1.54, 1.807) is 12.1 Å². The zero-order valence-corrected chi connectivity index (χ0v) is 19.4. The van der Waals surface area contributed by atoms with E-state index < -0.39 is 15.1 Å². The number of aliphatic hydroxyl groups is 1. The number of aliphatic hydroxyl groups excluding tert-OH is 1. The molecule has 158 valence electrons. The molecule has 0 spiro atoms. The molecule has 0 saturated carbocycles. The van der Waals surface area contributed by atoms with Crippen LogP contribution in [0.3, 0.4) is 0 Å². The zero-order chi connectivity index (χ0) is 21.6. The molecule has 0 unspecified atom stereocenters. The van der Waals surface area contributed by atoms with Crippen molar-refractivity contribution in [1.29, 1.82) is 0 Å². The molecule has 0 aliphatic carbocycles. The molecule has 2 aromatic carbocycles. The van der Waals surface area contributed by atoms with E-state index in [2.05, 4.69) is 33.9 Å². The molecule has 0 aromatic heterocycles. The number of benzene rings is 2. The minimum Gasteiger partial charge on any atom is -0.547 e. The van der Waals surface area contributed by atoms with Crippen LogP contribution < -0.4 is 4.74 Å². The van der Waals surface area contributed by atoms with E-state index in [9.17, 15) is 9.50 Å². The molecule has 0 saturated heterocycles. The highest BCUT2D eigenvalue weighted by atomic mass is 28.3. The van der Waals surface area contributed by atoms with Gasteiger partial charge in [-0.05, 0) is 48.2 Å². The van der Waals surface area contributed by atoms with Crippen molar-refractivity contribution in [3.8, 4) is 5.75 Å². The van der Waals surface area contributed by atoms with Crippen molar-refractivity contribution in [2.45, 2.75) is 53.5 Å². The van der Waals surface area contributed by atoms with Crippen molar-refractivity contribution in [2.24, 2.45) is 11.3 Å². The number of hydrogen-bond acceptors (Lipinski definition) is 3. The molecule has 0 amide bonds. The first kappa shape index (κ1) is 23.2. The molecule has 0 heterocycles. The average Bonchev–Trinajstić information content (AvgIpc) is 2.65. The Hall–Kier alpha value is -2.11. The highest BCUT2D eigenvalue weighted by molar-refractivity contribution is 6.49. The lowest BCUT2D eigenvalue weighted by atomic mass is 9.78. The third kappa shape index (κ3) is 7.01. The lowest BCUT2D eigenvalue weighted by Gasteiger charge is -2.30. The molecule has 5 heteroatoms. The molecule has 0 bridgehead atoms. The van der Waals surface area contributed by atoms with Gasteiger partial charge in [0, 0.05) is 6.07 Å². The fourth-order valence-corrected chi connectivity index (χ4v) is 3.53. The van der Waals surface area contributed by atoms with Crippen LogP contribution in [0, 0.1) is 17.2 Å². The lowest BCUT2D eigenvalue weighted by Crippen LogP contribution is -2.28. The van der Waals surface area contributed by atoms with Gasteiger partial charge >= 0.3 is 0 Å². The maximum atomic E-state index is 14.0. The second-order valence-electron chi connectivity index (χ2n) is 8.76. The monoisotopic (exact) mass is 416 g/mol. The maximum Gasteiger partial charge on any atom is 0.229 e. The minimum absolute atomic E-state index is 0.0177. The number of halogens is 1. The predicted octanol–water partition coefficient (Wildman–Crippen LogP) is 5.79. The number of ether oxygens (including phenoxy) is 1. The van der Waals surface area contributed by atoms with Gasteiger partial charge in [-0.15, -0.1) is 0 Å². The first-order chi connectivity index (χ1) is 13.6. The van der Waals surface area contributed by atoms with Crippen LogP contribution in [0.2, 0.25) is 13.1 Å². The Kier molecular flexibility index (Phi) is 8.05. The summed E-state index contributed by atoms with van der Waals surface area (Å²) in [4.78, 5) is 0. The Morgan fingerprint density at radius 1 is 1.14 bits per heavy atom. The largest absolute Gasteiger partial charge is 0.547 e. The Morgan fingerprint density at radius 2 is 1.79 bits per heavy atom. The molecule has 0 radical (unpaired) electrons. The highest BCUT2D eigenvalue weighted by Crippen LogP contribution is 2.33. The molecular weight excluding hydrogens is 383 g/mol. The Morgan fingerprint density at radius 3 is 2.38 bits per heavy atom. The van der Waals surface area contributed by atoms with Crippen molar-refractivity contribution in [3.63, 3.8) is 0 Å². The number of rotatable bonds is 8. The van der Waals surface area contributed by atoms with Crippen LogP contribution in [0.15, 0.2) is 54.6 Å². The van der Waals surface area contributed by atoms with Crippen LogP contribution in [0.5, 0.6) is 5.75 Å².